The van der Waals surface area contributed by atoms with E-state index in [0.29, 0.717) is 6.54 Å². The van der Waals surface area contributed by atoms with E-state index in [1.54, 1.807) is 0 Å². The zero-order valence-electron chi connectivity index (χ0n) is 16.1. The Hall–Kier alpha value is -1.84. The summed E-state index contributed by atoms with van der Waals surface area (Å²) in [5, 5.41) is 3.77. The normalized spacial score (nSPS) is 17.6. The van der Waals surface area contributed by atoms with Gasteiger partial charge in [-0.05, 0) is 73.5 Å². The molecule has 0 aliphatic carbocycles. The number of benzene rings is 2. The summed E-state index contributed by atoms with van der Waals surface area (Å²) in [5.74, 6) is 0.793. The summed E-state index contributed by atoms with van der Waals surface area (Å²) in [6.45, 7) is 6.34. The molecule has 2 aromatic carbocycles. The van der Waals surface area contributed by atoms with Gasteiger partial charge in [-0.25, -0.2) is 0 Å². The first kappa shape index (κ1) is 19.9. The van der Waals surface area contributed by atoms with Crippen LogP contribution in [0.25, 0.3) is 0 Å². The molecule has 0 radical (unpaired) electrons. The van der Waals surface area contributed by atoms with Crippen molar-refractivity contribution in [3.05, 3.63) is 70.2 Å². The number of amides is 1. The molecule has 2 aromatic rings. The van der Waals surface area contributed by atoms with E-state index in [1.807, 2.05) is 36.4 Å². The smallest absolute Gasteiger partial charge is 0.251 e. The Bertz CT molecular complexity index is 727. The number of nitrogens with one attached hydrogen (secondary N) is 1. The molecule has 4 heteroatoms. The lowest BCUT2D eigenvalue weighted by Gasteiger charge is -2.30. The average Bonchev–Trinajstić information content (AvgIpc) is 2.67. The minimum absolute atomic E-state index is 0.00394. The Morgan fingerprint density at radius 1 is 1.11 bits per heavy atom. The van der Waals surface area contributed by atoms with E-state index in [9.17, 15) is 4.79 Å². The molecule has 1 amide bonds. The van der Waals surface area contributed by atoms with Crippen molar-refractivity contribution >= 4 is 17.5 Å². The van der Waals surface area contributed by atoms with Crippen molar-refractivity contribution in [2.24, 2.45) is 5.92 Å². The summed E-state index contributed by atoms with van der Waals surface area (Å²) < 4.78 is 0. The minimum Gasteiger partial charge on any atom is -0.352 e. The second-order valence-electron chi connectivity index (χ2n) is 7.67. The number of aryl methyl sites for hydroxylation is 1. The highest BCUT2D eigenvalue weighted by molar-refractivity contribution is 6.30. The number of likely N-dealkylation sites (tertiary alicyclic amines) is 1. The van der Waals surface area contributed by atoms with Crippen LogP contribution in [0.5, 0.6) is 0 Å². The maximum Gasteiger partial charge on any atom is 0.251 e. The molecule has 144 valence electrons. The summed E-state index contributed by atoms with van der Waals surface area (Å²) in [4.78, 5) is 14.8. The standard InChI is InChI=1S/C23H29ClN2O/c1-18-4-3-15-26(16-18)17-20-6-10-21(11-7-20)23(27)25-14-2-5-19-8-12-22(24)13-9-19/h6-13,18H,2-5,14-17H2,1H3,(H,25,27)/t18-/m1/s1. The zero-order chi connectivity index (χ0) is 19.1. The Morgan fingerprint density at radius 3 is 2.52 bits per heavy atom. The quantitative estimate of drug-likeness (QED) is 0.686. The summed E-state index contributed by atoms with van der Waals surface area (Å²) >= 11 is 5.89. The van der Waals surface area contributed by atoms with Crippen LogP contribution < -0.4 is 5.32 Å². The van der Waals surface area contributed by atoms with Gasteiger partial charge in [-0.1, -0.05) is 42.8 Å². The van der Waals surface area contributed by atoms with E-state index in [4.69, 9.17) is 11.6 Å². The van der Waals surface area contributed by atoms with Gasteiger partial charge in [0.25, 0.3) is 5.91 Å². The number of piperidine rings is 1. The van der Waals surface area contributed by atoms with Crippen molar-refractivity contribution in [3.63, 3.8) is 0 Å². The van der Waals surface area contributed by atoms with Crippen molar-refractivity contribution in [1.29, 1.82) is 0 Å². The molecule has 1 fully saturated rings. The lowest BCUT2D eigenvalue weighted by atomic mass is 9.99. The number of nitrogens with zero attached hydrogens (tertiary/aromatic N) is 1. The van der Waals surface area contributed by atoms with Crippen molar-refractivity contribution in [2.75, 3.05) is 19.6 Å². The predicted octanol–water partition coefficient (Wildman–Crippen LogP) is 4.93. The van der Waals surface area contributed by atoms with Gasteiger partial charge in [0.1, 0.15) is 0 Å². The molecule has 1 aliphatic heterocycles. The van der Waals surface area contributed by atoms with Crippen LogP contribution in [0.4, 0.5) is 0 Å². The second kappa shape index (κ2) is 9.91. The molecule has 27 heavy (non-hydrogen) atoms. The molecule has 1 saturated heterocycles. The van der Waals surface area contributed by atoms with E-state index in [1.165, 1.54) is 37.1 Å². The molecule has 1 atom stereocenters. The number of carbonyl (C=O) groups is 1. The van der Waals surface area contributed by atoms with Gasteiger partial charge in [-0.3, -0.25) is 9.69 Å². The summed E-state index contributed by atoms with van der Waals surface area (Å²) in [7, 11) is 0. The summed E-state index contributed by atoms with van der Waals surface area (Å²) in [6.07, 6.45) is 4.48. The molecule has 0 bridgehead atoms. The maximum absolute atomic E-state index is 12.3. The van der Waals surface area contributed by atoms with Gasteiger partial charge in [0.2, 0.25) is 0 Å². The third-order valence-electron chi connectivity index (χ3n) is 5.20. The Morgan fingerprint density at radius 2 is 1.81 bits per heavy atom. The number of carbonyl (C=O) groups excluding carboxylic acids is 1. The van der Waals surface area contributed by atoms with Crippen LogP contribution in [-0.2, 0) is 13.0 Å². The van der Waals surface area contributed by atoms with Gasteiger partial charge in [0, 0.05) is 30.2 Å². The van der Waals surface area contributed by atoms with E-state index in [-0.39, 0.29) is 5.91 Å². The largest absolute Gasteiger partial charge is 0.352 e. The van der Waals surface area contributed by atoms with Crippen molar-refractivity contribution in [2.45, 2.75) is 39.2 Å². The van der Waals surface area contributed by atoms with Gasteiger partial charge in [0.15, 0.2) is 0 Å². The van der Waals surface area contributed by atoms with E-state index in [0.717, 1.165) is 35.9 Å². The maximum atomic E-state index is 12.3. The van der Waals surface area contributed by atoms with Crippen molar-refractivity contribution < 1.29 is 4.79 Å². The van der Waals surface area contributed by atoms with E-state index < -0.39 is 0 Å². The van der Waals surface area contributed by atoms with Gasteiger partial charge < -0.3 is 5.32 Å². The molecule has 0 saturated carbocycles. The molecule has 1 heterocycles. The molecule has 1 aliphatic rings. The monoisotopic (exact) mass is 384 g/mol. The highest BCUT2D eigenvalue weighted by Crippen LogP contribution is 2.18. The number of halogens is 1. The van der Waals surface area contributed by atoms with Gasteiger partial charge in [0.05, 0.1) is 0 Å². The molecule has 3 nitrogen and oxygen atoms in total. The van der Waals surface area contributed by atoms with Gasteiger partial charge >= 0.3 is 0 Å². The fourth-order valence-corrected chi connectivity index (χ4v) is 3.82. The number of rotatable bonds is 7. The Labute approximate surface area is 167 Å². The third kappa shape index (κ3) is 6.37. The van der Waals surface area contributed by atoms with E-state index >= 15 is 0 Å². The van der Waals surface area contributed by atoms with Crippen molar-refractivity contribution in [1.82, 2.24) is 10.2 Å². The van der Waals surface area contributed by atoms with Gasteiger partial charge in [-0.15, -0.1) is 0 Å². The number of hydrogen-bond acceptors (Lipinski definition) is 2. The first-order valence-corrected chi connectivity index (χ1v) is 10.3. The van der Waals surface area contributed by atoms with Crippen LogP contribution in [0.2, 0.25) is 5.02 Å². The van der Waals surface area contributed by atoms with Crippen LogP contribution in [0.15, 0.2) is 48.5 Å². The molecule has 1 N–H and O–H groups in total. The van der Waals surface area contributed by atoms with E-state index in [2.05, 4.69) is 29.3 Å². The lowest BCUT2D eigenvalue weighted by Crippen LogP contribution is -2.33. The first-order valence-electron chi connectivity index (χ1n) is 9.94. The van der Waals surface area contributed by atoms with Gasteiger partial charge in [-0.2, -0.15) is 0 Å². The van der Waals surface area contributed by atoms with Crippen LogP contribution >= 0.6 is 11.6 Å². The minimum atomic E-state index is 0.00394. The first-order chi connectivity index (χ1) is 13.1. The molecule has 0 spiro atoms. The Balaban J connectivity index is 1.41. The van der Waals surface area contributed by atoms with Crippen LogP contribution in [-0.4, -0.2) is 30.4 Å². The molecule has 3 rings (SSSR count). The topological polar surface area (TPSA) is 32.3 Å². The summed E-state index contributed by atoms with van der Waals surface area (Å²) in [5.41, 5.74) is 3.26. The molecule has 0 aromatic heterocycles. The lowest BCUT2D eigenvalue weighted by molar-refractivity contribution is 0.0953. The second-order valence-corrected chi connectivity index (χ2v) is 8.10. The fourth-order valence-electron chi connectivity index (χ4n) is 3.70. The third-order valence-corrected chi connectivity index (χ3v) is 5.46. The highest BCUT2D eigenvalue weighted by Gasteiger charge is 2.16. The highest BCUT2D eigenvalue weighted by atomic mass is 35.5. The molecular formula is C23H29ClN2O. The van der Waals surface area contributed by atoms with Crippen LogP contribution in [0, 0.1) is 5.92 Å². The molecular weight excluding hydrogens is 356 g/mol. The molecule has 0 unspecified atom stereocenters. The fraction of sp³-hybridized carbons (Fsp3) is 0.435. The number of hydrogen-bond donors (Lipinski definition) is 1. The Kier molecular flexibility index (Phi) is 7.31. The zero-order valence-corrected chi connectivity index (χ0v) is 16.8. The SMILES string of the molecule is C[C@@H]1CCCN(Cc2ccc(C(=O)NCCCc3ccc(Cl)cc3)cc2)C1. The van der Waals surface area contributed by atoms with Crippen LogP contribution in [0.3, 0.4) is 0 Å². The van der Waals surface area contributed by atoms with Crippen LogP contribution in [0.1, 0.15) is 47.7 Å². The van der Waals surface area contributed by atoms with Crippen molar-refractivity contribution in [3.8, 4) is 0 Å². The average molecular weight is 385 g/mol. The predicted molar refractivity (Wildman–Crippen MR) is 112 cm³/mol. The summed E-state index contributed by atoms with van der Waals surface area (Å²) in [6, 6.07) is 15.9.